The number of rotatable bonds is 8. The van der Waals surface area contributed by atoms with Crippen LogP contribution in [-0.4, -0.2) is 65.1 Å². The fraction of sp³-hybridized carbons (Fsp3) is 0.526. The van der Waals surface area contributed by atoms with Crippen LogP contribution in [0.2, 0.25) is 0 Å². The molecule has 10 nitrogen and oxygen atoms in total. The third-order valence-electron chi connectivity index (χ3n) is 12.1. The second kappa shape index (κ2) is 13.6. The molecule has 4 N–H and O–H groups in total. The van der Waals surface area contributed by atoms with Crippen LogP contribution in [0, 0.1) is 22.6 Å². The van der Waals surface area contributed by atoms with E-state index in [9.17, 15) is 14.0 Å². The first-order valence-electron chi connectivity index (χ1n) is 17.9. The number of pyridine rings is 1. The molecule has 3 aromatic rings. The molecule has 1 aromatic carbocycles. The lowest BCUT2D eigenvalue weighted by Crippen LogP contribution is -2.51. The van der Waals surface area contributed by atoms with Crippen LogP contribution < -0.4 is 21.1 Å². The number of nitrogens with two attached hydrogens (primary N) is 2. The lowest BCUT2D eigenvalue weighted by molar-refractivity contribution is 0.0115. The summed E-state index contributed by atoms with van der Waals surface area (Å²) in [6, 6.07) is 7.45. The summed E-state index contributed by atoms with van der Waals surface area (Å²) in [5, 5.41) is 10.3. The van der Waals surface area contributed by atoms with Crippen LogP contribution in [0.15, 0.2) is 36.0 Å². The lowest BCUT2D eigenvalue weighted by atomic mass is 9.68. The van der Waals surface area contributed by atoms with Gasteiger partial charge in [-0.15, -0.1) is 0 Å². The number of halogens is 3. The zero-order chi connectivity index (χ0) is 36.1. The molecule has 2 fully saturated rings. The molecule has 7 rings (SSSR count). The number of nitrogens with zero attached hydrogens (tertiary/aromatic N) is 7. The number of anilines is 3. The van der Waals surface area contributed by atoms with Gasteiger partial charge >= 0.3 is 6.01 Å². The molecule has 13 heteroatoms. The Hall–Kier alpha value is -4.41. The summed E-state index contributed by atoms with van der Waals surface area (Å²) < 4.78 is 48.4. The molecular weight excluding hydrogens is 655 g/mol. The minimum absolute atomic E-state index is 0.112. The Kier molecular flexibility index (Phi) is 9.35. The Labute approximate surface area is 297 Å². The van der Waals surface area contributed by atoms with E-state index in [1.807, 2.05) is 26.2 Å². The SMILES string of the molecule is C[C@H](c1cccnc1N)N(C)c1nc(OCC2(CN3CCC(=C(F)F)CC3)CCC2)nc2c1CN(C)[C@]1(CCCc3c(F)cc(N)c(C#N)c31)C2. The molecule has 1 saturated heterocycles. The van der Waals surface area contributed by atoms with Gasteiger partial charge in [0.25, 0.3) is 6.08 Å². The topological polar surface area (TPSA) is 133 Å². The molecule has 2 atom stereocenters. The summed E-state index contributed by atoms with van der Waals surface area (Å²) in [6.07, 6.45) is 6.39. The molecule has 0 bridgehead atoms. The number of nitrogen functional groups attached to an aromatic ring is 2. The van der Waals surface area contributed by atoms with Crippen molar-refractivity contribution in [2.75, 3.05) is 56.7 Å². The molecular formula is C38H46F3N9O. The highest BCUT2D eigenvalue weighted by molar-refractivity contribution is 5.65. The largest absolute Gasteiger partial charge is 0.463 e. The fourth-order valence-electron chi connectivity index (χ4n) is 8.85. The Morgan fingerprint density at radius 3 is 2.55 bits per heavy atom. The number of piperidine rings is 1. The highest BCUT2D eigenvalue weighted by Gasteiger charge is 2.48. The number of fused-ring (bicyclic) bond motifs is 3. The van der Waals surface area contributed by atoms with E-state index in [0.29, 0.717) is 86.7 Å². The van der Waals surface area contributed by atoms with Gasteiger partial charge in [0.2, 0.25) is 0 Å². The summed E-state index contributed by atoms with van der Waals surface area (Å²) in [7, 11) is 3.99. The standard InChI is InChI=1S/C38H46F3N9O/c1-23(25-8-5-14-45-34(25)44)49(3)35-28-20-48(2)38(13-4-7-26-29(39)17-30(43)27(19-42)32(26)38)18-31(28)46-36(47-35)51-22-37(11-6-12-37)21-50-15-9-24(10-16-50)33(40)41/h5,8,14,17,23H,4,6-7,9-13,15-16,18,20-22,43H2,1-3H3,(H2,44,45)/t23-,38-/m1/s1. The van der Waals surface area contributed by atoms with Crippen molar-refractivity contribution in [1.29, 1.82) is 5.26 Å². The molecule has 1 saturated carbocycles. The van der Waals surface area contributed by atoms with E-state index >= 15 is 4.39 Å². The van der Waals surface area contributed by atoms with Gasteiger partial charge in [-0.1, -0.05) is 12.5 Å². The minimum Gasteiger partial charge on any atom is -0.463 e. The maximum atomic E-state index is 15.5. The van der Waals surface area contributed by atoms with E-state index in [-0.39, 0.29) is 34.5 Å². The van der Waals surface area contributed by atoms with Gasteiger partial charge in [0.15, 0.2) is 0 Å². The van der Waals surface area contributed by atoms with E-state index in [1.54, 1.807) is 6.20 Å². The molecule has 2 aromatic heterocycles. The summed E-state index contributed by atoms with van der Waals surface area (Å²) in [6.45, 7) is 4.92. The number of hydrogen-bond acceptors (Lipinski definition) is 10. The second-order valence-electron chi connectivity index (χ2n) is 15.0. The molecule has 4 heterocycles. The molecule has 1 spiro atoms. The highest BCUT2D eigenvalue weighted by Crippen LogP contribution is 2.50. The van der Waals surface area contributed by atoms with Crippen LogP contribution in [0.5, 0.6) is 6.01 Å². The van der Waals surface area contributed by atoms with Gasteiger partial charge < -0.3 is 26.0 Å². The van der Waals surface area contributed by atoms with Crippen molar-refractivity contribution in [3.8, 4) is 12.1 Å². The molecule has 0 unspecified atom stereocenters. The fourth-order valence-corrected chi connectivity index (χ4v) is 8.85. The zero-order valence-electron chi connectivity index (χ0n) is 29.6. The summed E-state index contributed by atoms with van der Waals surface area (Å²) in [5.74, 6) is 0.765. The number of likely N-dealkylation sites (N-methyl/N-ethyl adjacent to an activating group) is 1. The average Bonchev–Trinajstić information content (AvgIpc) is 3.10. The first-order chi connectivity index (χ1) is 24.4. The van der Waals surface area contributed by atoms with Crippen molar-refractivity contribution < 1.29 is 17.9 Å². The van der Waals surface area contributed by atoms with E-state index in [1.165, 1.54) is 6.07 Å². The Morgan fingerprint density at radius 2 is 1.88 bits per heavy atom. The minimum atomic E-state index is -1.54. The van der Waals surface area contributed by atoms with Crippen molar-refractivity contribution in [2.45, 2.75) is 82.8 Å². The monoisotopic (exact) mass is 701 g/mol. The van der Waals surface area contributed by atoms with Crippen LogP contribution in [0.1, 0.15) is 91.4 Å². The molecule has 0 amide bonds. The van der Waals surface area contributed by atoms with Crippen molar-refractivity contribution >= 4 is 17.3 Å². The van der Waals surface area contributed by atoms with Gasteiger partial charge in [-0.25, -0.2) is 9.37 Å². The lowest BCUT2D eigenvalue weighted by Gasteiger charge is -2.50. The predicted octanol–water partition coefficient (Wildman–Crippen LogP) is 6.26. The number of hydrogen-bond donors (Lipinski definition) is 2. The van der Waals surface area contributed by atoms with Gasteiger partial charge in [0.1, 0.15) is 23.5 Å². The van der Waals surface area contributed by atoms with Crippen LogP contribution >= 0.6 is 0 Å². The molecule has 0 radical (unpaired) electrons. The highest BCUT2D eigenvalue weighted by atomic mass is 19.3. The Morgan fingerprint density at radius 1 is 1.12 bits per heavy atom. The summed E-state index contributed by atoms with van der Waals surface area (Å²) in [4.78, 5) is 21.0. The number of likely N-dealkylation sites (tertiary alicyclic amines) is 1. The van der Waals surface area contributed by atoms with Crippen molar-refractivity contribution in [3.05, 3.63) is 75.4 Å². The first-order valence-corrected chi connectivity index (χ1v) is 17.9. The third kappa shape index (κ3) is 6.26. The normalized spacial score (nSPS) is 22.0. The van der Waals surface area contributed by atoms with E-state index < -0.39 is 11.6 Å². The van der Waals surface area contributed by atoms with Crippen molar-refractivity contribution in [2.24, 2.45) is 5.41 Å². The zero-order valence-corrected chi connectivity index (χ0v) is 29.6. The predicted molar refractivity (Wildman–Crippen MR) is 190 cm³/mol. The van der Waals surface area contributed by atoms with Gasteiger partial charge in [0, 0.05) is 62.4 Å². The molecule has 270 valence electrons. The van der Waals surface area contributed by atoms with E-state index in [0.717, 1.165) is 49.0 Å². The van der Waals surface area contributed by atoms with Gasteiger partial charge in [-0.05, 0) is 87.7 Å². The Balaban J connectivity index is 1.25. The smallest absolute Gasteiger partial charge is 0.318 e. The number of nitriles is 1. The number of ether oxygens (including phenoxy) is 1. The number of aromatic nitrogens is 3. The van der Waals surface area contributed by atoms with Crippen LogP contribution in [0.4, 0.5) is 30.5 Å². The van der Waals surface area contributed by atoms with E-state index in [2.05, 4.69) is 32.7 Å². The molecule has 4 aliphatic rings. The number of benzene rings is 1. The van der Waals surface area contributed by atoms with Crippen LogP contribution in [0.25, 0.3) is 0 Å². The third-order valence-corrected chi connectivity index (χ3v) is 12.1. The summed E-state index contributed by atoms with van der Waals surface area (Å²) in [5.41, 5.74) is 16.3. The van der Waals surface area contributed by atoms with Crippen molar-refractivity contribution in [1.82, 2.24) is 24.8 Å². The van der Waals surface area contributed by atoms with Crippen molar-refractivity contribution in [3.63, 3.8) is 0 Å². The maximum Gasteiger partial charge on any atom is 0.318 e. The molecule has 2 aliphatic carbocycles. The Bertz CT molecular complexity index is 1890. The average molecular weight is 702 g/mol. The summed E-state index contributed by atoms with van der Waals surface area (Å²) >= 11 is 0. The van der Waals surface area contributed by atoms with Gasteiger partial charge in [0.05, 0.1) is 35.1 Å². The van der Waals surface area contributed by atoms with Gasteiger partial charge in [-0.2, -0.15) is 24.0 Å². The van der Waals surface area contributed by atoms with Crippen LogP contribution in [-0.2, 0) is 24.9 Å². The van der Waals surface area contributed by atoms with Gasteiger partial charge in [-0.3, -0.25) is 4.90 Å². The van der Waals surface area contributed by atoms with Crippen LogP contribution in [0.3, 0.4) is 0 Å². The molecule has 51 heavy (non-hydrogen) atoms. The quantitative estimate of drug-likeness (QED) is 0.259. The second-order valence-corrected chi connectivity index (χ2v) is 15.0. The first kappa shape index (κ1) is 35.0. The molecule has 2 aliphatic heterocycles. The maximum absolute atomic E-state index is 15.5. The van der Waals surface area contributed by atoms with E-state index in [4.69, 9.17) is 26.2 Å².